The molecule has 140 valence electrons. The van der Waals surface area contributed by atoms with E-state index < -0.39 is 11.8 Å². The highest BCUT2D eigenvalue weighted by Crippen LogP contribution is 2.22. The first kappa shape index (κ1) is 18.6. The van der Waals surface area contributed by atoms with Crippen LogP contribution in [0.3, 0.4) is 0 Å². The summed E-state index contributed by atoms with van der Waals surface area (Å²) >= 11 is 0. The van der Waals surface area contributed by atoms with Gasteiger partial charge in [-0.25, -0.2) is 5.43 Å². The van der Waals surface area contributed by atoms with Crippen molar-refractivity contribution >= 4 is 23.2 Å². The quantitative estimate of drug-likeness (QED) is 0.483. The second kappa shape index (κ2) is 9.52. The third-order valence-electron chi connectivity index (χ3n) is 4.29. The number of ether oxygens (including phenoxy) is 1. The van der Waals surface area contributed by atoms with Gasteiger partial charge in [-0.1, -0.05) is 31.0 Å². The third-order valence-corrected chi connectivity index (χ3v) is 4.29. The predicted molar refractivity (Wildman–Crippen MR) is 105 cm³/mol. The number of rotatable bonds is 4. The van der Waals surface area contributed by atoms with Crippen molar-refractivity contribution in [1.29, 1.82) is 0 Å². The molecule has 2 N–H and O–H groups in total. The molecule has 2 amide bonds. The minimum atomic E-state index is -0.767. The van der Waals surface area contributed by atoms with Crippen molar-refractivity contribution in [3.8, 4) is 11.5 Å². The van der Waals surface area contributed by atoms with Crippen LogP contribution in [0.2, 0.25) is 0 Å². The summed E-state index contributed by atoms with van der Waals surface area (Å²) in [6, 6.07) is 16.2. The highest BCUT2D eigenvalue weighted by atomic mass is 16.5. The molecule has 27 heavy (non-hydrogen) atoms. The molecule has 0 heterocycles. The minimum Gasteiger partial charge on any atom is -0.457 e. The van der Waals surface area contributed by atoms with Crippen LogP contribution in [0.4, 0.5) is 5.69 Å². The average Bonchev–Trinajstić information content (AvgIpc) is 2.97. The lowest BCUT2D eigenvalue weighted by Gasteiger charge is -2.08. The fourth-order valence-electron chi connectivity index (χ4n) is 2.85. The summed E-state index contributed by atoms with van der Waals surface area (Å²) in [5.74, 6) is -0.143. The molecule has 0 bridgehead atoms. The number of hydrazone groups is 1. The monoisotopic (exact) mass is 365 g/mol. The van der Waals surface area contributed by atoms with Gasteiger partial charge in [0.05, 0.1) is 0 Å². The maximum atomic E-state index is 12.0. The van der Waals surface area contributed by atoms with Gasteiger partial charge < -0.3 is 10.1 Å². The van der Waals surface area contributed by atoms with Crippen LogP contribution >= 0.6 is 0 Å². The van der Waals surface area contributed by atoms with Gasteiger partial charge in [0, 0.05) is 11.4 Å². The van der Waals surface area contributed by atoms with Gasteiger partial charge in [0.1, 0.15) is 11.5 Å². The fraction of sp³-hybridized carbons (Fsp3) is 0.286. The summed E-state index contributed by atoms with van der Waals surface area (Å²) in [5, 5.41) is 6.66. The molecule has 1 fully saturated rings. The van der Waals surface area contributed by atoms with E-state index in [-0.39, 0.29) is 0 Å². The number of anilines is 1. The van der Waals surface area contributed by atoms with Crippen LogP contribution in [0.15, 0.2) is 59.7 Å². The van der Waals surface area contributed by atoms with Gasteiger partial charge >= 0.3 is 11.8 Å². The largest absolute Gasteiger partial charge is 0.457 e. The van der Waals surface area contributed by atoms with E-state index in [1.165, 1.54) is 12.8 Å². The Morgan fingerprint density at radius 3 is 2.07 bits per heavy atom. The number of para-hydroxylation sites is 1. The number of hydrogen-bond donors (Lipinski definition) is 2. The van der Waals surface area contributed by atoms with E-state index in [1.54, 1.807) is 24.3 Å². The number of nitrogens with zero attached hydrogens (tertiary/aromatic N) is 1. The molecule has 1 saturated carbocycles. The molecular formula is C21H23N3O3. The lowest BCUT2D eigenvalue weighted by molar-refractivity contribution is -0.136. The number of hydrogen-bond acceptors (Lipinski definition) is 4. The molecule has 1 aliphatic rings. The average molecular weight is 365 g/mol. The van der Waals surface area contributed by atoms with Crippen molar-refractivity contribution in [1.82, 2.24) is 5.43 Å². The Kier molecular flexibility index (Phi) is 6.57. The molecule has 0 radical (unpaired) electrons. The Labute approximate surface area is 158 Å². The highest BCUT2D eigenvalue weighted by Gasteiger charge is 2.14. The molecule has 0 saturated heterocycles. The van der Waals surface area contributed by atoms with E-state index in [0.29, 0.717) is 11.4 Å². The summed E-state index contributed by atoms with van der Waals surface area (Å²) in [6.45, 7) is 0. The molecule has 0 aromatic heterocycles. The van der Waals surface area contributed by atoms with E-state index >= 15 is 0 Å². The number of carbonyl (C=O) groups excluding carboxylic acids is 2. The zero-order chi connectivity index (χ0) is 18.9. The Hall–Kier alpha value is -3.15. The van der Waals surface area contributed by atoms with Crippen molar-refractivity contribution < 1.29 is 14.3 Å². The number of nitrogens with one attached hydrogen (secondary N) is 2. The van der Waals surface area contributed by atoms with Crippen LogP contribution in [0.5, 0.6) is 11.5 Å². The Morgan fingerprint density at radius 1 is 0.778 bits per heavy atom. The van der Waals surface area contributed by atoms with Crippen LogP contribution < -0.4 is 15.5 Å². The van der Waals surface area contributed by atoms with Gasteiger partial charge in [0.15, 0.2) is 0 Å². The molecule has 2 aromatic rings. The number of amides is 2. The minimum absolute atomic E-state index is 0.512. The van der Waals surface area contributed by atoms with Crippen molar-refractivity contribution in [2.75, 3.05) is 5.32 Å². The summed E-state index contributed by atoms with van der Waals surface area (Å²) in [7, 11) is 0. The fourth-order valence-corrected chi connectivity index (χ4v) is 2.85. The van der Waals surface area contributed by atoms with Crippen molar-refractivity contribution in [2.45, 2.75) is 38.5 Å². The molecule has 1 aliphatic carbocycles. The summed E-state index contributed by atoms with van der Waals surface area (Å²) in [6.07, 6.45) is 6.31. The van der Waals surface area contributed by atoms with Crippen molar-refractivity contribution in [3.05, 3.63) is 54.6 Å². The second-order valence-corrected chi connectivity index (χ2v) is 6.43. The Bertz CT molecular complexity index is 791. The highest BCUT2D eigenvalue weighted by molar-refractivity contribution is 6.39. The van der Waals surface area contributed by atoms with Gasteiger partial charge in [-0.3, -0.25) is 9.59 Å². The zero-order valence-corrected chi connectivity index (χ0v) is 15.1. The van der Waals surface area contributed by atoms with E-state index in [9.17, 15) is 9.59 Å². The van der Waals surface area contributed by atoms with Crippen molar-refractivity contribution in [3.63, 3.8) is 0 Å². The second-order valence-electron chi connectivity index (χ2n) is 6.43. The van der Waals surface area contributed by atoms with E-state index in [0.717, 1.165) is 37.1 Å². The Morgan fingerprint density at radius 2 is 1.41 bits per heavy atom. The number of carbonyl (C=O) groups is 2. The van der Waals surface area contributed by atoms with Crippen LogP contribution in [0.25, 0.3) is 0 Å². The number of benzene rings is 2. The van der Waals surface area contributed by atoms with Crippen LogP contribution in [0.1, 0.15) is 38.5 Å². The molecule has 6 heteroatoms. The van der Waals surface area contributed by atoms with E-state index in [2.05, 4.69) is 15.8 Å². The first-order valence-electron chi connectivity index (χ1n) is 9.20. The van der Waals surface area contributed by atoms with Crippen LogP contribution in [0, 0.1) is 0 Å². The molecule has 6 nitrogen and oxygen atoms in total. The lowest BCUT2D eigenvalue weighted by Crippen LogP contribution is -2.33. The van der Waals surface area contributed by atoms with Gasteiger partial charge in [-0.05, 0) is 62.1 Å². The zero-order valence-electron chi connectivity index (χ0n) is 15.1. The maximum Gasteiger partial charge on any atom is 0.329 e. The maximum absolute atomic E-state index is 12.0. The molecule has 0 spiro atoms. The van der Waals surface area contributed by atoms with Crippen LogP contribution in [-0.4, -0.2) is 17.5 Å². The van der Waals surface area contributed by atoms with Gasteiger partial charge in [-0.15, -0.1) is 0 Å². The normalized spacial score (nSPS) is 14.0. The van der Waals surface area contributed by atoms with E-state index in [1.807, 2.05) is 30.3 Å². The molecular weight excluding hydrogens is 342 g/mol. The van der Waals surface area contributed by atoms with Gasteiger partial charge in [0.2, 0.25) is 0 Å². The molecule has 2 aromatic carbocycles. The smallest absolute Gasteiger partial charge is 0.329 e. The van der Waals surface area contributed by atoms with Gasteiger partial charge in [-0.2, -0.15) is 5.10 Å². The third kappa shape index (κ3) is 5.95. The standard InChI is InChI=1S/C21H23N3O3/c25-20(21(26)24-23-17-8-4-1-2-5-9-17)22-16-12-14-19(15-13-16)27-18-10-6-3-7-11-18/h3,6-7,10-15H,1-2,4-5,8-9H2,(H,22,25)(H,24,26). The van der Waals surface area contributed by atoms with Gasteiger partial charge in [0.25, 0.3) is 0 Å². The first-order valence-corrected chi connectivity index (χ1v) is 9.20. The first-order chi connectivity index (χ1) is 13.2. The van der Waals surface area contributed by atoms with Crippen molar-refractivity contribution in [2.24, 2.45) is 5.10 Å². The summed E-state index contributed by atoms with van der Waals surface area (Å²) in [4.78, 5) is 23.9. The predicted octanol–water partition coefficient (Wildman–Crippen LogP) is 4.24. The van der Waals surface area contributed by atoms with Crippen LogP contribution in [-0.2, 0) is 9.59 Å². The SMILES string of the molecule is O=C(NN=C1CCCCCC1)C(=O)Nc1ccc(Oc2ccccc2)cc1. The lowest BCUT2D eigenvalue weighted by atomic mass is 10.2. The molecule has 3 rings (SSSR count). The molecule has 0 atom stereocenters. The molecule has 0 aliphatic heterocycles. The van der Waals surface area contributed by atoms with E-state index in [4.69, 9.17) is 4.74 Å². The summed E-state index contributed by atoms with van der Waals surface area (Å²) in [5.41, 5.74) is 3.82. The summed E-state index contributed by atoms with van der Waals surface area (Å²) < 4.78 is 5.69. The molecule has 0 unspecified atom stereocenters. The topological polar surface area (TPSA) is 79.8 Å². The Balaban J connectivity index is 1.51.